The van der Waals surface area contributed by atoms with E-state index in [-0.39, 0.29) is 17.7 Å². The third kappa shape index (κ3) is 3.57. The highest BCUT2D eigenvalue weighted by Gasteiger charge is 2.32. The van der Waals surface area contributed by atoms with Gasteiger partial charge in [0.2, 0.25) is 0 Å². The number of aliphatic hydroxyl groups excluding tert-OH is 1. The van der Waals surface area contributed by atoms with Crippen LogP contribution in [0.3, 0.4) is 0 Å². The van der Waals surface area contributed by atoms with Gasteiger partial charge in [0.15, 0.2) is 5.78 Å². The Hall–Kier alpha value is -1.98. The first-order valence-corrected chi connectivity index (χ1v) is 9.07. The quantitative estimate of drug-likeness (QED) is 0.843. The van der Waals surface area contributed by atoms with Gasteiger partial charge in [0.1, 0.15) is 0 Å². The normalized spacial score (nSPS) is 18.6. The Morgan fingerprint density at radius 2 is 2.08 bits per heavy atom. The van der Waals surface area contributed by atoms with E-state index in [0.717, 1.165) is 18.4 Å². The van der Waals surface area contributed by atoms with Crippen molar-refractivity contribution in [2.75, 3.05) is 6.54 Å². The summed E-state index contributed by atoms with van der Waals surface area (Å²) in [4.78, 5) is 26.6. The Labute approximate surface area is 145 Å². The Morgan fingerprint density at radius 3 is 2.75 bits per heavy atom. The molecule has 0 bridgehead atoms. The lowest BCUT2D eigenvalue weighted by molar-refractivity contribution is 0.0671. The summed E-state index contributed by atoms with van der Waals surface area (Å²) >= 11 is 1.32. The molecule has 4 nitrogen and oxygen atoms in total. The van der Waals surface area contributed by atoms with Crippen LogP contribution < -0.4 is 0 Å². The highest BCUT2D eigenvalue weighted by molar-refractivity contribution is 7.12. The molecule has 2 unspecified atom stereocenters. The molecular weight excluding hydrogens is 322 g/mol. The first kappa shape index (κ1) is 16.9. The molecule has 0 spiro atoms. The molecule has 1 fully saturated rings. The van der Waals surface area contributed by atoms with E-state index in [2.05, 4.69) is 0 Å². The number of benzene rings is 1. The second-order valence-electron chi connectivity index (χ2n) is 6.21. The van der Waals surface area contributed by atoms with Crippen molar-refractivity contribution < 1.29 is 14.7 Å². The first-order valence-electron chi connectivity index (χ1n) is 8.19. The highest BCUT2D eigenvalue weighted by atomic mass is 32.1. The van der Waals surface area contributed by atoms with Crippen LogP contribution in [0.5, 0.6) is 0 Å². The summed E-state index contributed by atoms with van der Waals surface area (Å²) in [6.07, 6.45) is 1.82. The van der Waals surface area contributed by atoms with Gasteiger partial charge in [-0.25, -0.2) is 0 Å². The number of carbonyl (C=O) groups excluding carboxylic acids is 2. The third-order valence-electron chi connectivity index (χ3n) is 4.53. The Kier molecular flexibility index (Phi) is 5.11. The Bertz CT molecular complexity index is 725. The smallest absolute Gasteiger partial charge is 0.264 e. The summed E-state index contributed by atoms with van der Waals surface area (Å²) in [6.45, 7) is 2.21. The average molecular weight is 343 g/mol. The summed E-state index contributed by atoms with van der Waals surface area (Å²) in [5, 5.41) is 12.2. The lowest BCUT2D eigenvalue weighted by Gasteiger charge is -2.26. The van der Waals surface area contributed by atoms with Gasteiger partial charge in [-0.1, -0.05) is 30.3 Å². The number of thiophene rings is 1. The van der Waals surface area contributed by atoms with Crippen LogP contribution in [-0.4, -0.2) is 34.3 Å². The Balaban J connectivity index is 1.70. The predicted octanol–water partition coefficient (Wildman–Crippen LogP) is 3.68. The van der Waals surface area contributed by atoms with Crippen LogP contribution in [0.25, 0.3) is 0 Å². The minimum Gasteiger partial charge on any atom is -0.388 e. The van der Waals surface area contributed by atoms with E-state index in [4.69, 9.17) is 0 Å². The van der Waals surface area contributed by atoms with Crippen molar-refractivity contribution in [1.29, 1.82) is 0 Å². The molecule has 1 aromatic heterocycles. The average Bonchev–Trinajstić information content (AvgIpc) is 3.24. The van der Waals surface area contributed by atoms with Crippen molar-refractivity contribution in [3.05, 3.63) is 57.8 Å². The second-order valence-corrected chi connectivity index (χ2v) is 7.12. The number of Topliss-reactive ketones (excluding diaryl/α,β-unsaturated/α-hetero) is 1. The van der Waals surface area contributed by atoms with Crippen LogP contribution in [0.1, 0.15) is 57.9 Å². The van der Waals surface area contributed by atoms with E-state index < -0.39 is 6.10 Å². The molecule has 2 aromatic rings. The topological polar surface area (TPSA) is 57.6 Å². The molecule has 1 aliphatic heterocycles. The van der Waals surface area contributed by atoms with Gasteiger partial charge in [-0.2, -0.15) is 0 Å². The molecule has 24 heavy (non-hydrogen) atoms. The summed E-state index contributed by atoms with van der Waals surface area (Å²) < 4.78 is 0. The minimum atomic E-state index is -0.569. The van der Waals surface area contributed by atoms with Gasteiger partial charge in [0, 0.05) is 23.5 Å². The van der Waals surface area contributed by atoms with Crippen LogP contribution in [0.2, 0.25) is 0 Å². The van der Waals surface area contributed by atoms with Crippen LogP contribution >= 0.6 is 11.3 Å². The number of aliphatic hydroxyl groups is 1. The fourth-order valence-electron chi connectivity index (χ4n) is 3.19. The van der Waals surface area contributed by atoms with Crippen molar-refractivity contribution in [3.63, 3.8) is 0 Å². The fraction of sp³-hybridized carbons (Fsp3) is 0.368. The molecule has 0 radical (unpaired) electrons. The van der Waals surface area contributed by atoms with E-state index >= 15 is 0 Å². The summed E-state index contributed by atoms with van der Waals surface area (Å²) in [5.74, 6) is -0.0574. The number of nitrogens with zero attached hydrogens (tertiary/aromatic N) is 1. The number of hydrogen-bond donors (Lipinski definition) is 1. The van der Waals surface area contributed by atoms with Crippen LogP contribution in [0.15, 0.2) is 41.8 Å². The minimum absolute atomic E-state index is 0.0252. The van der Waals surface area contributed by atoms with Crippen molar-refractivity contribution in [2.24, 2.45) is 0 Å². The molecule has 1 aliphatic rings. The number of hydrogen-bond acceptors (Lipinski definition) is 4. The lowest BCUT2D eigenvalue weighted by atomic mass is 10.0. The maximum atomic E-state index is 12.8. The zero-order chi connectivity index (χ0) is 17.1. The van der Waals surface area contributed by atoms with Crippen LogP contribution in [-0.2, 0) is 0 Å². The lowest BCUT2D eigenvalue weighted by Crippen LogP contribution is -2.36. The molecule has 3 rings (SSSR count). The van der Waals surface area contributed by atoms with E-state index in [9.17, 15) is 14.7 Å². The SMILES string of the molecule is CC(=O)c1csc(C(=O)N2CCCC2CC(O)c2ccccc2)c1. The standard InChI is InChI=1S/C19H21NO3S/c1-13(21)15-10-18(24-12-15)19(23)20-9-5-8-16(20)11-17(22)14-6-3-2-4-7-14/h2-4,6-7,10,12,16-17,22H,5,8-9,11H2,1H3. The molecule has 1 N–H and O–H groups in total. The van der Waals surface area contributed by atoms with Gasteiger partial charge < -0.3 is 10.0 Å². The molecule has 0 aliphatic carbocycles. The molecule has 2 heterocycles. The van der Waals surface area contributed by atoms with Crippen LogP contribution in [0.4, 0.5) is 0 Å². The second kappa shape index (κ2) is 7.28. The largest absolute Gasteiger partial charge is 0.388 e. The number of rotatable bonds is 5. The van der Waals surface area contributed by atoms with Gasteiger partial charge >= 0.3 is 0 Å². The molecule has 1 aromatic carbocycles. The predicted molar refractivity (Wildman–Crippen MR) is 94.4 cm³/mol. The zero-order valence-electron chi connectivity index (χ0n) is 13.6. The molecule has 2 atom stereocenters. The monoisotopic (exact) mass is 343 g/mol. The zero-order valence-corrected chi connectivity index (χ0v) is 14.5. The van der Waals surface area contributed by atoms with E-state index in [1.54, 1.807) is 11.4 Å². The molecule has 1 amide bonds. The number of likely N-dealkylation sites (tertiary alicyclic amines) is 1. The van der Waals surface area contributed by atoms with Crippen molar-refractivity contribution in [2.45, 2.75) is 38.3 Å². The molecule has 126 valence electrons. The molecule has 1 saturated heterocycles. The van der Waals surface area contributed by atoms with Gasteiger partial charge in [-0.15, -0.1) is 11.3 Å². The summed E-state index contributed by atoms with van der Waals surface area (Å²) in [7, 11) is 0. The number of ketones is 1. The maximum Gasteiger partial charge on any atom is 0.264 e. The number of amides is 1. The van der Waals surface area contributed by atoms with Gasteiger partial charge in [-0.05, 0) is 37.8 Å². The van der Waals surface area contributed by atoms with Crippen molar-refractivity contribution in [1.82, 2.24) is 4.90 Å². The van der Waals surface area contributed by atoms with Crippen molar-refractivity contribution in [3.8, 4) is 0 Å². The van der Waals surface area contributed by atoms with E-state index in [0.29, 0.717) is 23.4 Å². The maximum absolute atomic E-state index is 12.8. The summed E-state index contributed by atoms with van der Waals surface area (Å²) in [6, 6.07) is 11.3. The molecular formula is C19H21NO3S. The van der Waals surface area contributed by atoms with Gasteiger partial charge in [0.25, 0.3) is 5.91 Å². The van der Waals surface area contributed by atoms with Gasteiger partial charge in [0.05, 0.1) is 11.0 Å². The van der Waals surface area contributed by atoms with E-state index in [1.807, 2.05) is 35.2 Å². The highest BCUT2D eigenvalue weighted by Crippen LogP contribution is 2.29. The molecule has 5 heteroatoms. The third-order valence-corrected chi connectivity index (χ3v) is 5.45. The first-order chi connectivity index (χ1) is 11.6. The Morgan fingerprint density at radius 1 is 1.33 bits per heavy atom. The molecule has 0 saturated carbocycles. The van der Waals surface area contributed by atoms with Gasteiger partial charge in [-0.3, -0.25) is 9.59 Å². The van der Waals surface area contributed by atoms with Crippen molar-refractivity contribution >= 4 is 23.0 Å². The summed E-state index contributed by atoms with van der Waals surface area (Å²) in [5.41, 5.74) is 1.47. The number of carbonyl (C=O) groups is 2. The van der Waals surface area contributed by atoms with E-state index in [1.165, 1.54) is 18.3 Å². The van der Waals surface area contributed by atoms with Crippen LogP contribution in [0, 0.1) is 0 Å². The fourth-order valence-corrected chi connectivity index (χ4v) is 4.09.